The zero-order valence-corrected chi connectivity index (χ0v) is 14.1. The molecule has 0 spiro atoms. The number of ether oxygens (including phenoxy) is 1. The quantitative estimate of drug-likeness (QED) is 0.825. The average Bonchev–Trinajstić information content (AvgIpc) is 2.88. The normalized spacial score (nSPS) is 12.2. The smallest absolute Gasteiger partial charge is 0.252 e. The molecule has 21 heavy (non-hydrogen) atoms. The largest absolute Gasteiger partial charge is 0.374 e. The maximum absolute atomic E-state index is 12.1. The van der Waals surface area contributed by atoms with Crippen molar-refractivity contribution in [3.63, 3.8) is 0 Å². The van der Waals surface area contributed by atoms with E-state index in [-0.39, 0.29) is 12.0 Å². The van der Waals surface area contributed by atoms with Gasteiger partial charge in [0.1, 0.15) is 6.10 Å². The number of methoxy groups -OCH3 is 1. The fourth-order valence-corrected chi connectivity index (χ4v) is 3.27. The number of halogens is 3. The minimum absolute atomic E-state index is 0.260. The summed E-state index contributed by atoms with van der Waals surface area (Å²) in [4.78, 5) is 13.1. The van der Waals surface area contributed by atoms with Crippen LogP contribution in [-0.2, 0) is 4.74 Å². The Labute approximate surface area is 141 Å². The van der Waals surface area contributed by atoms with Crippen molar-refractivity contribution in [2.24, 2.45) is 0 Å². The highest BCUT2D eigenvalue weighted by Crippen LogP contribution is 2.28. The minimum Gasteiger partial charge on any atom is -0.374 e. The van der Waals surface area contributed by atoms with Crippen LogP contribution in [0, 0.1) is 0 Å². The molecule has 0 saturated carbocycles. The van der Waals surface area contributed by atoms with Crippen LogP contribution in [0.4, 0.5) is 0 Å². The third-order valence-corrected chi connectivity index (χ3v) is 4.70. The van der Waals surface area contributed by atoms with E-state index in [0.29, 0.717) is 26.5 Å². The van der Waals surface area contributed by atoms with Crippen LogP contribution < -0.4 is 5.32 Å². The molecule has 0 radical (unpaired) electrons. The van der Waals surface area contributed by atoms with E-state index in [1.165, 1.54) is 17.4 Å². The van der Waals surface area contributed by atoms with Crippen LogP contribution in [-0.4, -0.2) is 19.6 Å². The van der Waals surface area contributed by atoms with E-state index < -0.39 is 0 Å². The lowest BCUT2D eigenvalue weighted by atomic mass is 10.2. The van der Waals surface area contributed by atoms with Crippen molar-refractivity contribution >= 4 is 52.0 Å². The highest BCUT2D eigenvalue weighted by Gasteiger charge is 2.16. The molecule has 0 aliphatic rings. The molecule has 0 fully saturated rings. The summed E-state index contributed by atoms with van der Waals surface area (Å²) in [7, 11) is 1.58. The molecule has 1 aromatic carbocycles. The van der Waals surface area contributed by atoms with E-state index in [9.17, 15) is 4.79 Å². The number of carbonyl (C=O) groups is 1. The Hall–Kier alpha value is -0.780. The average molecular weight is 365 g/mol. The second kappa shape index (κ2) is 7.47. The lowest BCUT2D eigenvalue weighted by Crippen LogP contribution is -2.29. The highest BCUT2D eigenvalue weighted by atomic mass is 35.5. The van der Waals surface area contributed by atoms with Crippen molar-refractivity contribution in [1.29, 1.82) is 0 Å². The fourth-order valence-electron chi connectivity index (χ4n) is 1.75. The molecule has 112 valence electrons. The van der Waals surface area contributed by atoms with Crippen molar-refractivity contribution in [2.45, 2.75) is 6.10 Å². The van der Waals surface area contributed by atoms with Gasteiger partial charge in [-0.3, -0.25) is 4.79 Å². The molecule has 2 rings (SSSR count). The van der Waals surface area contributed by atoms with Gasteiger partial charge in [0.15, 0.2) is 0 Å². The van der Waals surface area contributed by atoms with Crippen molar-refractivity contribution in [2.75, 3.05) is 13.7 Å². The molecule has 1 unspecified atom stereocenters. The molecule has 1 amide bonds. The number of thiophene rings is 1. The molecule has 3 nitrogen and oxygen atoms in total. The SMILES string of the molecule is COC(CNC(=O)c1cc(Cl)ccc1Cl)c1ccc(Cl)s1. The van der Waals surface area contributed by atoms with Gasteiger partial charge in [0.2, 0.25) is 0 Å². The molecule has 1 N–H and O–H groups in total. The van der Waals surface area contributed by atoms with Gasteiger partial charge >= 0.3 is 0 Å². The summed E-state index contributed by atoms with van der Waals surface area (Å²) >= 11 is 19.2. The zero-order valence-electron chi connectivity index (χ0n) is 11.0. The lowest BCUT2D eigenvalue weighted by Gasteiger charge is -2.15. The molecule has 1 aromatic heterocycles. The summed E-state index contributed by atoms with van der Waals surface area (Å²) in [6, 6.07) is 8.42. The highest BCUT2D eigenvalue weighted by molar-refractivity contribution is 7.16. The van der Waals surface area contributed by atoms with Gasteiger partial charge in [-0.25, -0.2) is 0 Å². The predicted molar refractivity (Wildman–Crippen MR) is 87.9 cm³/mol. The van der Waals surface area contributed by atoms with Crippen LogP contribution in [0.25, 0.3) is 0 Å². The van der Waals surface area contributed by atoms with Crippen LogP contribution in [0.3, 0.4) is 0 Å². The molecular formula is C14H12Cl3NO2S. The van der Waals surface area contributed by atoms with Crippen molar-refractivity contribution in [3.05, 3.63) is 55.2 Å². The number of hydrogen-bond donors (Lipinski definition) is 1. The standard InChI is InChI=1S/C14H12Cl3NO2S/c1-20-11(12-4-5-13(17)21-12)7-18-14(19)9-6-8(15)2-3-10(9)16/h2-6,11H,7H2,1H3,(H,18,19). The summed E-state index contributed by atoms with van der Waals surface area (Å²) in [5.41, 5.74) is 0.336. The van der Waals surface area contributed by atoms with Crippen LogP contribution in [0.2, 0.25) is 14.4 Å². The van der Waals surface area contributed by atoms with Crippen LogP contribution >= 0.6 is 46.1 Å². The Morgan fingerprint density at radius 3 is 2.67 bits per heavy atom. The maximum Gasteiger partial charge on any atom is 0.252 e. The van der Waals surface area contributed by atoms with E-state index in [0.717, 1.165) is 4.88 Å². The Morgan fingerprint density at radius 2 is 2.05 bits per heavy atom. The number of carbonyl (C=O) groups excluding carboxylic acids is 1. The van der Waals surface area contributed by atoms with Gasteiger partial charge in [-0.2, -0.15) is 0 Å². The van der Waals surface area contributed by atoms with Gasteiger partial charge in [-0.05, 0) is 30.3 Å². The van der Waals surface area contributed by atoms with Crippen LogP contribution in [0.15, 0.2) is 30.3 Å². The molecule has 0 saturated heterocycles. The first-order valence-corrected chi connectivity index (χ1v) is 7.97. The van der Waals surface area contributed by atoms with Gasteiger partial charge < -0.3 is 10.1 Å². The maximum atomic E-state index is 12.1. The summed E-state index contributed by atoms with van der Waals surface area (Å²) in [6.07, 6.45) is -0.260. The number of nitrogens with one attached hydrogen (secondary N) is 1. The molecule has 1 atom stereocenters. The topological polar surface area (TPSA) is 38.3 Å². The Bertz CT molecular complexity index is 645. The first-order chi connectivity index (χ1) is 10.0. The molecule has 0 bridgehead atoms. The molecule has 2 aromatic rings. The summed E-state index contributed by atoms with van der Waals surface area (Å²) in [6.45, 7) is 0.315. The van der Waals surface area contributed by atoms with Crippen molar-refractivity contribution < 1.29 is 9.53 Å². The lowest BCUT2D eigenvalue weighted by molar-refractivity contribution is 0.0838. The van der Waals surface area contributed by atoms with E-state index in [1.54, 1.807) is 25.3 Å². The fraction of sp³-hybridized carbons (Fsp3) is 0.214. The van der Waals surface area contributed by atoms with E-state index in [1.807, 2.05) is 6.07 Å². The van der Waals surface area contributed by atoms with Crippen LogP contribution in [0.5, 0.6) is 0 Å². The first kappa shape index (κ1) is 16.6. The third-order valence-electron chi connectivity index (χ3n) is 2.82. The van der Waals surface area contributed by atoms with E-state index in [2.05, 4.69) is 5.32 Å². The van der Waals surface area contributed by atoms with Gasteiger partial charge in [0, 0.05) is 23.6 Å². The molecule has 1 heterocycles. The predicted octanol–water partition coefficient (Wildman–Crippen LogP) is 4.83. The number of rotatable bonds is 5. The van der Waals surface area contributed by atoms with Gasteiger partial charge in [0.05, 0.1) is 14.9 Å². The number of hydrogen-bond acceptors (Lipinski definition) is 3. The Balaban J connectivity index is 2.04. The van der Waals surface area contributed by atoms with Gasteiger partial charge in [-0.1, -0.05) is 34.8 Å². The Kier molecular flexibility index (Phi) is 5.90. The molecule has 0 aliphatic heterocycles. The summed E-state index contributed by atoms with van der Waals surface area (Å²) in [5.74, 6) is -0.299. The minimum atomic E-state index is -0.299. The second-order valence-electron chi connectivity index (χ2n) is 4.20. The van der Waals surface area contributed by atoms with Crippen molar-refractivity contribution in [1.82, 2.24) is 5.32 Å². The molecular weight excluding hydrogens is 353 g/mol. The molecule has 0 aliphatic carbocycles. The first-order valence-electron chi connectivity index (χ1n) is 6.02. The van der Waals surface area contributed by atoms with Gasteiger partial charge in [0.25, 0.3) is 5.91 Å². The Morgan fingerprint density at radius 1 is 1.29 bits per heavy atom. The van der Waals surface area contributed by atoms with E-state index in [4.69, 9.17) is 39.5 Å². The number of amides is 1. The van der Waals surface area contributed by atoms with Gasteiger partial charge in [-0.15, -0.1) is 11.3 Å². The zero-order chi connectivity index (χ0) is 15.4. The van der Waals surface area contributed by atoms with Crippen molar-refractivity contribution in [3.8, 4) is 0 Å². The summed E-state index contributed by atoms with van der Waals surface area (Å²) in [5, 5.41) is 3.59. The molecule has 7 heteroatoms. The monoisotopic (exact) mass is 363 g/mol. The van der Waals surface area contributed by atoms with Crippen LogP contribution in [0.1, 0.15) is 21.3 Å². The van der Waals surface area contributed by atoms with E-state index >= 15 is 0 Å². The summed E-state index contributed by atoms with van der Waals surface area (Å²) < 4.78 is 6.05. The third kappa shape index (κ3) is 4.34. The second-order valence-corrected chi connectivity index (χ2v) is 6.79. The number of benzene rings is 1.